The van der Waals surface area contributed by atoms with Gasteiger partial charge in [0.05, 0.1) is 6.04 Å². The minimum Gasteiger partial charge on any atom is -0.385 e. The van der Waals surface area contributed by atoms with Gasteiger partial charge in [0.1, 0.15) is 5.82 Å². The molecule has 1 aromatic carbocycles. The molecule has 25 heavy (non-hydrogen) atoms. The molecule has 4 nitrogen and oxygen atoms in total. The van der Waals surface area contributed by atoms with E-state index in [2.05, 4.69) is 17.6 Å². The molecule has 0 aliphatic heterocycles. The molecule has 0 radical (unpaired) electrons. The van der Waals surface area contributed by atoms with E-state index in [0.717, 1.165) is 37.6 Å². The molecular formula is C20H32FN3O. The summed E-state index contributed by atoms with van der Waals surface area (Å²) < 4.78 is 19.1. The molecule has 1 aliphatic carbocycles. The first-order chi connectivity index (χ1) is 12.0. The topological polar surface area (TPSA) is 45.7 Å². The van der Waals surface area contributed by atoms with Crippen molar-refractivity contribution in [2.45, 2.75) is 52.5 Å². The predicted octanol–water partition coefficient (Wildman–Crippen LogP) is 3.96. The Labute approximate surface area is 151 Å². The molecule has 0 aromatic heterocycles. The van der Waals surface area contributed by atoms with Crippen LogP contribution in [-0.2, 0) is 4.74 Å². The van der Waals surface area contributed by atoms with Gasteiger partial charge in [-0.2, -0.15) is 0 Å². The maximum atomic E-state index is 13.8. The number of hydrogen-bond acceptors (Lipinski definition) is 2. The first-order valence-corrected chi connectivity index (χ1v) is 9.29. The highest BCUT2D eigenvalue weighted by Gasteiger charge is 2.36. The van der Waals surface area contributed by atoms with Gasteiger partial charge in [0, 0.05) is 26.8 Å². The lowest BCUT2D eigenvalue weighted by Crippen LogP contribution is -2.41. The third kappa shape index (κ3) is 5.43. The monoisotopic (exact) mass is 349 g/mol. The molecule has 1 aliphatic rings. The SMILES string of the molecule is CCNC(=NCC1(CCOC)CCC1)NC(C)c1ccc(C)c(F)c1. The second-order valence-corrected chi connectivity index (χ2v) is 7.17. The van der Waals surface area contributed by atoms with Crippen LogP contribution in [0, 0.1) is 18.2 Å². The summed E-state index contributed by atoms with van der Waals surface area (Å²) in [6.07, 6.45) is 4.78. The van der Waals surface area contributed by atoms with E-state index in [9.17, 15) is 4.39 Å². The molecule has 0 saturated heterocycles. The Hall–Kier alpha value is -1.62. The fraction of sp³-hybridized carbons (Fsp3) is 0.650. The van der Waals surface area contributed by atoms with Gasteiger partial charge < -0.3 is 15.4 Å². The van der Waals surface area contributed by atoms with Crippen molar-refractivity contribution < 1.29 is 9.13 Å². The maximum absolute atomic E-state index is 13.8. The number of methoxy groups -OCH3 is 1. The third-order valence-corrected chi connectivity index (χ3v) is 5.22. The molecule has 0 amide bonds. The van der Waals surface area contributed by atoms with Crippen molar-refractivity contribution in [3.63, 3.8) is 0 Å². The second-order valence-electron chi connectivity index (χ2n) is 7.17. The molecule has 1 saturated carbocycles. The van der Waals surface area contributed by atoms with Crippen LogP contribution >= 0.6 is 0 Å². The van der Waals surface area contributed by atoms with Crippen molar-refractivity contribution >= 4 is 5.96 Å². The predicted molar refractivity (Wildman–Crippen MR) is 101 cm³/mol. The lowest BCUT2D eigenvalue weighted by molar-refractivity contribution is 0.0778. The van der Waals surface area contributed by atoms with Gasteiger partial charge in [0.15, 0.2) is 5.96 Å². The zero-order valence-electron chi connectivity index (χ0n) is 16.0. The number of aliphatic imine (C=N–C) groups is 1. The molecule has 5 heteroatoms. The van der Waals surface area contributed by atoms with E-state index in [1.807, 2.05) is 19.1 Å². The van der Waals surface area contributed by atoms with E-state index in [0.29, 0.717) is 5.56 Å². The molecule has 0 bridgehead atoms. The Morgan fingerprint density at radius 3 is 2.72 bits per heavy atom. The van der Waals surface area contributed by atoms with Gasteiger partial charge >= 0.3 is 0 Å². The van der Waals surface area contributed by atoms with Crippen LogP contribution in [0.1, 0.15) is 56.7 Å². The molecule has 0 spiro atoms. The van der Waals surface area contributed by atoms with E-state index in [1.54, 1.807) is 20.1 Å². The average molecular weight is 349 g/mol. The first-order valence-electron chi connectivity index (χ1n) is 9.29. The van der Waals surface area contributed by atoms with Crippen molar-refractivity contribution in [2.24, 2.45) is 10.4 Å². The van der Waals surface area contributed by atoms with Crippen molar-refractivity contribution in [1.82, 2.24) is 10.6 Å². The van der Waals surface area contributed by atoms with Crippen LogP contribution in [0.2, 0.25) is 0 Å². The van der Waals surface area contributed by atoms with Crippen LogP contribution in [0.25, 0.3) is 0 Å². The van der Waals surface area contributed by atoms with Crippen molar-refractivity contribution in [1.29, 1.82) is 0 Å². The lowest BCUT2D eigenvalue weighted by atomic mass is 9.67. The van der Waals surface area contributed by atoms with Crippen molar-refractivity contribution in [3.05, 3.63) is 35.1 Å². The highest BCUT2D eigenvalue weighted by atomic mass is 19.1. The lowest BCUT2D eigenvalue weighted by Gasteiger charge is -2.41. The van der Waals surface area contributed by atoms with Crippen molar-refractivity contribution in [3.8, 4) is 0 Å². The summed E-state index contributed by atoms with van der Waals surface area (Å²) in [7, 11) is 1.75. The Morgan fingerprint density at radius 1 is 1.40 bits per heavy atom. The highest BCUT2D eigenvalue weighted by Crippen LogP contribution is 2.44. The smallest absolute Gasteiger partial charge is 0.191 e. The van der Waals surface area contributed by atoms with Gasteiger partial charge in [-0.3, -0.25) is 4.99 Å². The van der Waals surface area contributed by atoms with Gasteiger partial charge in [-0.25, -0.2) is 4.39 Å². The normalized spacial score (nSPS) is 17.7. The second kappa shape index (κ2) is 9.18. The summed E-state index contributed by atoms with van der Waals surface area (Å²) in [5.41, 5.74) is 1.88. The fourth-order valence-electron chi connectivity index (χ4n) is 3.22. The first kappa shape index (κ1) is 19.7. The molecule has 1 aromatic rings. The molecular weight excluding hydrogens is 317 g/mol. The molecule has 2 N–H and O–H groups in total. The Morgan fingerprint density at radius 2 is 2.16 bits per heavy atom. The number of aryl methyl sites for hydroxylation is 1. The molecule has 1 unspecified atom stereocenters. The van der Waals surface area contributed by atoms with E-state index in [4.69, 9.17) is 9.73 Å². The third-order valence-electron chi connectivity index (χ3n) is 5.22. The highest BCUT2D eigenvalue weighted by molar-refractivity contribution is 5.80. The fourth-order valence-corrected chi connectivity index (χ4v) is 3.22. The zero-order chi connectivity index (χ0) is 18.3. The van der Waals surface area contributed by atoms with Crippen molar-refractivity contribution in [2.75, 3.05) is 26.8 Å². The minimum atomic E-state index is -0.166. The van der Waals surface area contributed by atoms with Gasteiger partial charge in [-0.1, -0.05) is 18.6 Å². The number of rotatable bonds is 8. The number of nitrogens with one attached hydrogen (secondary N) is 2. The summed E-state index contributed by atoms with van der Waals surface area (Å²) in [6.45, 7) is 8.25. The number of halogens is 1. The average Bonchev–Trinajstić information content (AvgIpc) is 2.56. The summed E-state index contributed by atoms with van der Waals surface area (Å²) in [4.78, 5) is 4.81. The molecule has 0 heterocycles. The van der Waals surface area contributed by atoms with Crippen LogP contribution in [0.4, 0.5) is 4.39 Å². The molecule has 1 atom stereocenters. The van der Waals surface area contributed by atoms with Crippen LogP contribution in [0.5, 0.6) is 0 Å². The molecule has 1 fully saturated rings. The standard InChI is InChI=1S/C20H32FN3O/c1-5-22-19(23-14-20(9-6-10-20)11-12-25-4)24-16(3)17-8-7-15(2)18(21)13-17/h7-8,13,16H,5-6,9-12,14H2,1-4H3,(H2,22,23,24). The van der Waals surface area contributed by atoms with Crippen LogP contribution in [-0.4, -0.2) is 32.8 Å². The Bertz CT molecular complexity index is 584. The number of guanidine groups is 1. The quantitative estimate of drug-likeness (QED) is 0.552. The summed E-state index contributed by atoms with van der Waals surface area (Å²) in [5.74, 6) is 0.626. The van der Waals surface area contributed by atoms with Crippen LogP contribution in [0.15, 0.2) is 23.2 Å². The molecule has 2 rings (SSSR count). The van der Waals surface area contributed by atoms with Gasteiger partial charge in [0.25, 0.3) is 0 Å². The Kier molecular flexibility index (Phi) is 7.24. The van der Waals surface area contributed by atoms with Gasteiger partial charge in [-0.05, 0) is 62.6 Å². The van der Waals surface area contributed by atoms with E-state index in [-0.39, 0.29) is 17.3 Å². The zero-order valence-corrected chi connectivity index (χ0v) is 16.0. The Balaban J connectivity index is 2.02. The number of ether oxygens (including phenoxy) is 1. The van der Waals surface area contributed by atoms with E-state index in [1.165, 1.54) is 19.3 Å². The van der Waals surface area contributed by atoms with E-state index < -0.39 is 0 Å². The summed E-state index contributed by atoms with van der Waals surface area (Å²) in [6, 6.07) is 5.37. The molecule has 140 valence electrons. The van der Waals surface area contributed by atoms with Crippen LogP contribution < -0.4 is 10.6 Å². The number of nitrogens with zero attached hydrogens (tertiary/aromatic N) is 1. The minimum absolute atomic E-state index is 0.00999. The van der Waals surface area contributed by atoms with Gasteiger partial charge in [0.2, 0.25) is 0 Å². The maximum Gasteiger partial charge on any atom is 0.191 e. The van der Waals surface area contributed by atoms with E-state index >= 15 is 0 Å². The van der Waals surface area contributed by atoms with Gasteiger partial charge in [-0.15, -0.1) is 0 Å². The largest absolute Gasteiger partial charge is 0.385 e. The van der Waals surface area contributed by atoms with Crippen LogP contribution in [0.3, 0.4) is 0 Å². The number of hydrogen-bond donors (Lipinski definition) is 2. The number of benzene rings is 1. The summed E-state index contributed by atoms with van der Waals surface area (Å²) in [5, 5.41) is 6.70. The summed E-state index contributed by atoms with van der Waals surface area (Å²) >= 11 is 0.